The summed E-state index contributed by atoms with van der Waals surface area (Å²) in [4.78, 5) is 0. The van der Waals surface area contributed by atoms with E-state index in [9.17, 15) is 0 Å². The van der Waals surface area contributed by atoms with Gasteiger partial charge in [0.1, 0.15) is 5.75 Å². The van der Waals surface area contributed by atoms with Gasteiger partial charge in [0.15, 0.2) is 11.6 Å². The summed E-state index contributed by atoms with van der Waals surface area (Å²) < 4.78 is 7.90. The van der Waals surface area contributed by atoms with Crippen molar-refractivity contribution in [3.8, 4) is 5.75 Å². The molecule has 6 heteroatoms. The van der Waals surface area contributed by atoms with Crippen molar-refractivity contribution in [2.75, 3.05) is 7.11 Å². The van der Waals surface area contributed by atoms with Crippen molar-refractivity contribution in [1.29, 1.82) is 0 Å². The standard InChI is InChI=1S/C12H13BrN4O/c1-8-15-16-9(2)17(8)14-7-10-11(13)5-4-6-12(10)18-3/h4-7H,1-3H3/b14-7+. The van der Waals surface area contributed by atoms with Gasteiger partial charge in [-0.2, -0.15) is 5.10 Å². The van der Waals surface area contributed by atoms with Crippen LogP contribution < -0.4 is 4.74 Å². The van der Waals surface area contributed by atoms with E-state index < -0.39 is 0 Å². The first-order valence-electron chi connectivity index (χ1n) is 5.39. The molecule has 94 valence electrons. The van der Waals surface area contributed by atoms with Gasteiger partial charge in [0, 0.05) is 4.47 Å². The van der Waals surface area contributed by atoms with Gasteiger partial charge < -0.3 is 4.74 Å². The smallest absolute Gasteiger partial charge is 0.151 e. The summed E-state index contributed by atoms with van der Waals surface area (Å²) in [6, 6.07) is 5.74. The third-order valence-electron chi connectivity index (χ3n) is 2.49. The fourth-order valence-electron chi connectivity index (χ4n) is 1.57. The molecule has 0 aliphatic rings. The molecule has 1 aromatic heterocycles. The van der Waals surface area contributed by atoms with Crippen molar-refractivity contribution in [3.63, 3.8) is 0 Å². The fraction of sp³-hybridized carbons (Fsp3) is 0.250. The molecule has 0 bridgehead atoms. The zero-order valence-electron chi connectivity index (χ0n) is 10.4. The average molecular weight is 309 g/mol. The number of hydrogen-bond acceptors (Lipinski definition) is 4. The first-order valence-corrected chi connectivity index (χ1v) is 6.18. The van der Waals surface area contributed by atoms with Gasteiger partial charge in [-0.15, -0.1) is 10.2 Å². The van der Waals surface area contributed by atoms with Crippen molar-refractivity contribution in [2.45, 2.75) is 13.8 Å². The number of hydrogen-bond donors (Lipinski definition) is 0. The highest BCUT2D eigenvalue weighted by atomic mass is 79.9. The first-order chi connectivity index (χ1) is 8.63. The minimum atomic E-state index is 0.745. The number of halogens is 1. The maximum absolute atomic E-state index is 5.29. The zero-order valence-corrected chi connectivity index (χ0v) is 12.0. The Morgan fingerprint density at radius 2 is 1.94 bits per heavy atom. The average Bonchev–Trinajstić information content (AvgIpc) is 2.68. The number of nitrogens with zero attached hydrogens (tertiary/aromatic N) is 4. The van der Waals surface area contributed by atoms with Gasteiger partial charge in [0.2, 0.25) is 0 Å². The fourth-order valence-corrected chi connectivity index (χ4v) is 2.02. The molecule has 2 rings (SSSR count). The molecule has 1 aromatic carbocycles. The maximum atomic E-state index is 5.29. The molecule has 1 heterocycles. The first kappa shape index (κ1) is 12.8. The SMILES string of the molecule is COc1cccc(Br)c1/C=N/n1c(C)nnc1C. The van der Waals surface area contributed by atoms with Gasteiger partial charge in [-0.1, -0.05) is 6.07 Å². The van der Waals surface area contributed by atoms with Gasteiger partial charge in [0.05, 0.1) is 18.9 Å². The summed E-state index contributed by atoms with van der Waals surface area (Å²) in [5, 5.41) is 12.3. The molecule has 0 atom stereocenters. The van der Waals surface area contributed by atoms with Gasteiger partial charge in [-0.25, -0.2) is 4.68 Å². The van der Waals surface area contributed by atoms with Gasteiger partial charge in [-0.05, 0) is 41.9 Å². The van der Waals surface area contributed by atoms with E-state index in [4.69, 9.17) is 4.74 Å². The predicted molar refractivity (Wildman–Crippen MR) is 73.2 cm³/mol. The number of benzene rings is 1. The number of aryl methyl sites for hydroxylation is 2. The van der Waals surface area contributed by atoms with E-state index in [1.165, 1.54) is 0 Å². The predicted octanol–water partition coefficient (Wildman–Crippen LogP) is 2.55. The van der Waals surface area contributed by atoms with Crippen LogP contribution in [0.1, 0.15) is 17.2 Å². The summed E-state index contributed by atoms with van der Waals surface area (Å²) in [6.45, 7) is 3.71. The molecule has 0 aliphatic heterocycles. The normalized spacial score (nSPS) is 11.1. The van der Waals surface area contributed by atoms with E-state index in [1.54, 1.807) is 18.0 Å². The van der Waals surface area contributed by atoms with Crippen LogP contribution in [0.5, 0.6) is 5.75 Å². The van der Waals surface area contributed by atoms with Crippen LogP contribution in [0.3, 0.4) is 0 Å². The van der Waals surface area contributed by atoms with E-state index in [-0.39, 0.29) is 0 Å². The Balaban J connectivity index is 2.40. The third-order valence-corrected chi connectivity index (χ3v) is 3.18. The molecule has 0 radical (unpaired) electrons. The molecule has 5 nitrogen and oxygen atoms in total. The quantitative estimate of drug-likeness (QED) is 0.819. The van der Waals surface area contributed by atoms with E-state index in [2.05, 4.69) is 31.2 Å². The van der Waals surface area contributed by atoms with E-state index >= 15 is 0 Å². The van der Waals surface area contributed by atoms with Crippen LogP contribution in [0.15, 0.2) is 27.8 Å². The molecule has 0 saturated heterocycles. The van der Waals surface area contributed by atoms with Crippen molar-refractivity contribution in [3.05, 3.63) is 39.9 Å². The summed E-state index contributed by atoms with van der Waals surface area (Å²) >= 11 is 3.48. The number of methoxy groups -OCH3 is 1. The van der Waals surface area contributed by atoms with Crippen LogP contribution in [0, 0.1) is 13.8 Å². The Morgan fingerprint density at radius 3 is 2.56 bits per heavy atom. The highest BCUT2D eigenvalue weighted by Gasteiger charge is 2.06. The van der Waals surface area contributed by atoms with Crippen LogP contribution >= 0.6 is 15.9 Å². The summed E-state index contributed by atoms with van der Waals surface area (Å²) in [7, 11) is 1.63. The summed E-state index contributed by atoms with van der Waals surface area (Å²) in [5.41, 5.74) is 0.882. The lowest BCUT2D eigenvalue weighted by molar-refractivity contribution is 0.414. The second-order valence-corrected chi connectivity index (χ2v) is 4.56. The van der Waals surface area contributed by atoms with E-state index in [0.717, 1.165) is 27.4 Å². The van der Waals surface area contributed by atoms with Gasteiger partial charge >= 0.3 is 0 Å². The second-order valence-electron chi connectivity index (χ2n) is 3.71. The molecule has 0 N–H and O–H groups in total. The van der Waals surface area contributed by atoms with Crippen molar-refractivity contribution in [1.82, 2.24) is 14.9 Å². The minimum absolute atomic E-state index is 0.745. The second kappa shape index (κ2) is 5.30. The molecule has 2 aromatic rings. The highest BCUT2D eigenvalue weighted by molar-refractivity contribution is 9.10. The van der Waals surface area contributed by atoms with Crippen LogP contribution in [0.4, 0.5) is 0 Å². The minimum Gasteiger partial charge on any atom is -0.496 e. The van der Waals surface area contributed by atoms with Crippen LogP contribution in [-0.2, 0) is 0 Å². The van der Waals surface area contributed by atoms with Gasteiger partial charge in [-0.3, -0.25) is 0 Å². The van der Waals surface area contributed by atoms with E-state index in [1.807, 2.05) is 32.0 Å². The lowest BCUT2D eigenvalue weighted by atomic mass is 10.2. The summed E-state index contributed by atoms with van der Waals surface area (Å²) in [5.74, 6) is 2.25. The maximum Gasteiger partial charge on any atom is 0.151 e. The van der Waals surface area contributed by atoms with Crippen molar-refractivity contribution in [2.24, 2.45) is 5.10 Å². The zero-order chi connectivity index (χ0) is 13.1. The Morgan fingerprint density at radius 1 is 1.28 bits per heavy atom. The highest BCUT2D eigenvalue weighted by Crippen LogP contribution is 2.24. The summed E-state index contributed by atoms with van der Waals surface area (Å²) in [6.07, 6.45) is 1.73. The number of ether oxygens (including phenoxy) is 1. The largest absolute Gasteiger partial charge is 0.496 e. The Hall–Kier alpha value is -1.69. The Bertz CT molecular complexity index is 572. The Kier molecular flexibility index (Phi) is 3.76. The molecule has 18 heavy (non-hydrogen) atoms. The monoisotopic (exact) mass is 308 g/mol. The topological polar surface area (TPSA) is 52.3 Å². The van der Waals surface area contributed by atoms with Crippen molar-refractivity contribution >= 4 is 22.1 Å². The molecule has 0 amide bonds. The molecule has 0 spiro atoms. The van der Waals surface area contributed by atoms with Crippen LogP contribution in [0.2, 0.25) is 0 Å². The third kappa shape index (κ3) is 2.43. The van der Waals surface area contributed by atoms with Crippen LogP contribution in [0.25, 0.3) is 0 Å². The van der Waals surface area contributed by atoms with Gasteiger partial charge in [0.25, 0.3) is 0 Å². The lowest BCUT2D eigenvalue weighted by Gasteiger charge is -2.06. The number of rotatable bonds is 3. The molecule has 0 fully saturated rings. The van der Waals surface area contributed by atoms with E-state index in [0.29, 0.717) is 0 Å². The lowest BCUT2D eigenvalue weighted by Crippen LogP contribution is -1.98. The Labute approximate surface area is 114 Å². The molecular weight excluding hydrogens is 296 g/mol. The molecule has 0 unspecified atom stereocenters. The molecular formula is C12H13BrN4O. The van der Waals surface area contributed by atoms with Crippen LogP contribution in [-0.4, -0.2) is 28.2 Å². The molecule has 0 aliphatic carbocycles. The number of aromatic nitrogens is 3. The molecule has 0 saturated carbocycles. The van der Waals surface area contributed by atoms with Crippen molar-refractivity contribution < 1.29 is 4.74 Å².